The molecule has 0 aromatic rings. The number of hydrogen-bond acceptors (Lipinski definition) is 6. The highest BCUT2D eigenvalue weighted by atomic mass is 16.5. The first kappa shape index (κ1) is 14.3. The molecule has 0 radical (unpaired) electrons. The molecule has 0 atom stereocenters. The Balaban J connectivity index is 3.49. The molecule has 96 valence electrons. The molecule has 1 saturated carbocycles. The van der Waals surface area contributed by atoms with Crippen molar-refractivity contribution >= 4 is 17.8 Å². The molecule has 0 aliphatic heterocycles. The maximum absolute atomic E-state index is 11.0. The Labute approximate surface area is 104 Å². The summed E-state index contributed by atoms with van der Waals surface area (Å²) in [6.07, 6.45) is -2.90. The van der Waals surface area contributed by atoms with Crippen molar-refractivity contribution in [3.63, 3.8) is 0 Å². The highest BCUT2D eigenvalue weighted by molar-refractivity contribution is 5.75. The predicted molar refractivity (Wildman–Crippen MR) is 60.0 cm³/mol. The van der Waals surface area contributed by atoms with Gasteiger partial charge in [-0.1, -0.05) is 0 Å². The Hall–Kier alpha value is -1.77. The van der Waals surface area contributed by atoms with E-state index in [0.717, 1.165) is 0 Å². The van der Waals surface area contributed by atoms with E-state index in [2.05, 4.69) is 0 Å². The monoisotopic (exact) mass is 252 g/mol. The molecular formula is C12H12O6. The topological polar surface area (TPSA) is 78.9 Å². The lowest BCUT2D eigenvalue weighted by atomic mass is 9.81. The highest BCUT2D eigenvalue weighted by Gasteiger charge is 2.44. The first-order valence-corrected chi connectivity index (χ1v) is 5.03. The third-order valence-electron chi connectivity index (χ3n) is 2.76. The van der Waals surface area contributed by atoms with E-state index in [1.807, 2.05) is 0 Å². The number of carbonyl (C=O) groups excluding carboxylic acids is 3. The Morgan fingerprint density at radius 2 is 0.889 bits per heavy atom. The van der Waals surface area contributed by atoms with Crippen molar-refractivity contribution in [3.05, 3.63) is 16.7 Å². The van der Waals surface area contributed by atoms with Gasteiger partial charge in [-0.2, -0.15) is 0 Å². The fraction of sp³-hybridized carbons (Fsp3) is 0.500. The van der Waals surface area contributed by atoms with Crippen LogP contribution in [0.5, 0.6) is 0 Å². The molecule has 1 aliphatic rings. The van der Waals surface area contributed by atoms with Crippen molar-refractivity contribution in [2.45, 2.75) is 18.3 Å². The SMILES string of the molecule is COC1C(=C=O)C(OC)C(=C=O)C(OC)C1=C=O. The van der Waals surface area contributed by atoms with Gasteiger partial charge in [-0.15, -0.1) is 0 Å². The molecule has 6 nitrogen and oxygen atoms in total. The van der Waals surface area contributed by atoms with Gasteiger partial charge in [-0.25, -0.2) is 14.4 Å². The third-order valence-corrected chi connectivity index (χ3v) is 2.76. The molecule has 0 amide bonds. The first-order chi connectivity index (χ1) is 8.69. The second-order valence-corrected chi connectivity index (χ2v) is 3.52. The molecule has 0 bridgehead atoms. The van der Waals surface area contributed by atoms with Gasteiger partial charge in [-0.05, 0) is 0 Å². The van der Waals surface area contributed by atoms with Crippen LogP contribution in [0, 0.1) is 0 Å². The lowest BCUT2D eigenvalue weighted by Gasteiger charge is -2.34. The molecule has 6 heteroatoms. The Morgan fingerprint density at radius 3 is 1.00 bits per heavy atom. The lowest BCUT2D eigenvalue weighted by molar-refractivity contribution is 0.0462. The zero-order valence-electron chi connectivity index (χ0n) is 10.2. The van der Waals surface area contributed by atoms with Gasteiger partial charge in [0.15, 0.2) is 0 Å². The van der Waals surface area contributed by atoms with Crippen molar-refractivity contribution in [3.8, 4) is 0 Å². The number of rotatable bonds is 3. The molecule has 0 saturated heterocycles. The number of hydrogen-bond donors (Lipinski definition) is 0. The average molecular weight is 252 g/mol. The minimum atomic E-state index is -0.966. The zero-order chi connectivity index (χ0) is 13.7. The molecule has 0 N–H and O–H groups in total. The first-order valence-electron chi connectivity index (χ1n) is 5.03. The van der Waals surface area contributed by atoms with Gasteiger partial charge < -0.3 is 14.2 Å². The van der Waals surface area contributed by atoms with Crippen molar-refractivity contribution in [2.75, 3.05) is 21.3 Å². The fourth-order valence-corrected chi connectivity index (χ4v) is 2.00. The summed E-state index contributed by atoms with van der Waals surface area (Å²) in [5, 5.41) is 0. The molecular weight excluding hydrogens is 240 g/mol. The second-order valence-electron chi connectivity index (χ2n) is 3.52. The van der Waals surface area contributed by atoms with E-state index in [4.69, 9.17) is 14.2 Å². The van der Waals surface area contributed by atoms with E-state index in [1.54, 1.807) is 17.8 Å². The van der Waals surface area contributed by atoms with Crippen molar-refractivity contribution in [2.24, 2.45) is 0 Å². The molecule has 0 spiro atoms. The van der Waals surface area contributed by atoms with E-state index >= 15 is 0 Å². The molecule has 1 fully saturated rings. The predicted octanol–water partition coefficient (Wildman–Crippen LogP) is -0.681. The molecule has 1 rings (SSSR count). The van der Waals surface area contributed by atoms with Crippen LogP contribution in [0.3, 0.4) is 0 Å². The Morgan fingerprint density at radius 1 is 0.667 bits per heavy atom. The van der Waals surface area contributed by atoms with Crippen LogP contribution >= 0.6 is 0 Å². The summed E-state index contributed by atoms with van der Waals surface area (Å²) in [4.78, 5) is 32.9. The summed E-state index contributed by atoms with van der Waals surface area (Å²) in [7, 11) is 3.94. The summed E-state index contributed by atoms with van der Waals surface area (Å²) >= 11 is 0. The maximum Gasteiger partial charge on any atom is 0.129 e. The van der Waals surface area contributed by atoms with Gasteiger partial charge in [0.2, 0.25) is 0 Å². The van der Waals surface area contributed by atoms with Crippen LogP contribution in [0.1, 0.15) is 0 Å². The van der Waals surface area contributed by atoms with E-state index in [9.17, 15) is 14.4 Å². The van der Waals surface area contributed by atoms with Crippen molar-refractivity contribution in [1.29, 1.82) is 0 Å². The number of ether oxygens (including phenoxy) is 3. The van der Waals surface area contributed by atoms with Crippen LogP contribution < -0.4 is 0 Å². The van der Waals surface area contributed by atoms with E-state index in [-0.39, 0.29) is 16.7 Å². The Kier molecular flexibility index (Phi) is 4.95. The normalized spacial score (nSPS) is 27.5. The third kappa shape index (κ3) is 2.13. The van der Waals surface area contributed by atoms with E-state index in [1.165, 1.54) is 21.3 Å². The number of methoxy groups -OCH3 is 3. The molecule has 18 heavy (non-hydrogen) atoms. The molecule has 1 aliphatic carbocycles. The van der Waals surface area contributed by atoms with Gasteiger partial charge in [0.25, 0.3) is 0 Å². The average Bonchev–Trinajstić information content (AvgIpc) is 2.43. The molecule has 0 aromatic carbocycles. The van der Waals surface area contributed by atoms with Crippen LogP contribution in [-0.2, 0) is 28.6 Å². The summed E-state index contributed by atoms with van der Waals surface area (Å²) in [6, 6.07) is 0. The summed E-state index contributed by atoms with van der Waals surface area (Å²) < 4.78 is 15.2. The van der Waals surface area contributed by atoms with Crippen LogP contribution in [-0.4, -0.2) is 57.5 Å². The largest absolute Gasteiger partial charge is 0.371 e. The van der Waals surface area contributed by atoms with Crippen LogP contribution in [0.4, 0.5) is 0 Å². The van der Waals surface area contributed by atoms with Gasteiger partial charge >= 0.3 is 0 Å². The van der Waals surface area contributed by atoms with Crippen molar-refractivity contribution in [1.82, 2.24) is 0 Å². The maximum atomic E-state index is 11.0. The second kappa shape index (κ2) is 6.24. The van der Waals surface area contributed by atoms with Crippen LogP contribution in [0.25, 0.3) is 0 Å². The van der Waals surface area contributed by atoms with Gasteiger partial charge in [-0.3, -0.25) is 0 Å². The summed E-state index contributed by atoms with van der Waals surface area (Å²) in [5.74, 6) is 4.92. The van der Waals surface area contributed by atoms with Gasteiger partial charge in [0.1, 0.15) is 36.1 Å². The van der Waals surface area contributed by atoms with Gasteiger partial charge in [0, 0.05) is 21.3 Å². The quantitative estimate of drug-likeness (QED) is 0.619. The summed E-state index contributed by atoms with van der Waals surface area (Å²) in [5.41, 5.74) is -0.0278. The van der Waals surface area contributed by atoms with Crippen LogP contribution in [0.15, 0.2) is 16.7 Å². The van der Waals surface area contributed by atoms with E-state index in [0.29, 0.717) is 0 Å². The lowest BCUT2D eigenvalue weighted by Crippen LogP contribution is -2.44. The van der Waals surface area contributed by atoms with Crippen LogP contribution in [0.2, 0.25) is 0 Å². The molecule has 0 heterocycles. The standard InChI is InChI=1S/C12H12O6/c1-16-10-7(4-13)11(17-2)9(6-15)12(18-3)8(10)5-14/h10-12H,1-3H3. The Bertz CT molecular complexity index is 385. The minimum absolute atomic E-state index is 0.00926. The van der Waals surface area contributed by atoms with Crippen molar-refractivity contribution < 1.29 is 28.6 Å². The molecule has 0 unspecified atom stereocenters. The minimum Gasteiger partial charge on any atom is -0.371 e. The zero-order valence-corrected chi connectivity index (χ0v) is 10.2. The molecule has 0 aromatic heterocycles. The summed E-state index contributed by atoms with van der Waals surface area (Å²) in [6.45, 7) is 0. The fourth-order valence-electron chi connectivity index (χ4n) is 2.00. The van der Waals surface area contributed by atoms with E-state index < -0.39 is 18.3 Å². The highest BCUT2D eigenvalue weighted by Crippen LogP contribution is 2.34. The smallest absolute Gasteiger partial charge is 0.129 e. The van der Waals surface area contributed by atoms with Gasteiger partial charge in [0.05, 0.1) is 16.7 Å².